The minimum Gasteiger partial charge on any atom is -0.377 e. The van der Waals surface area contributed by atoms with Crippen molar-refractivity contribution in [1.29, 1.82) is 0 Å². The normalized spacial score (nSPS) is 10.6. The van der Waals surface area contributed by atoms with E-state index in [4.69, 9.17) is 0 Å². The Morgan fingerprint density at radius 2 is 1.80 bits per heavy atom. The molecule has 30 heavy (non-hydrogen) atoms. The summed E-state index contributed by atoms with van der Waals surface area (Å²) in [7, 11) is 0. The summed E-state index contributed by atoms with van der Waals surface area (Å²) in [5.41, 5.74) is 5.43. The molecule has 7 heteroatoms. The highest BCUT2D eigenvalue weighted by Crippen LogP contribution is 2.22. The van der Waals surface area contributed by atoms with Crippen LogP contribution in [-0.2, 0) is 17.9 Å². The summed E-state index contributed by atoms with van der Waals surface area (Å²) in [6.07, 6.45) is 1.81. The minimum absolute atomic E-state index is 0.0767. The van der Waals surface area contributed by atoms with E-state index in [2.05, 4.69) is 53.4 Å². The van der Waals surface area contributed by atoms with E-state index < -0.39 is 0 Å². The number of rotatable bonds is 9. The maximum Gasteiger partial charge on any atom is 0.234 e. The van der Waals surface area contributed by atoms with Gasteiger partial charge in [-0.05, 0) is 44.0 Å². The van der Waals surface area contributed by atoms with Crippen molar-refractivity contribution >= 4 is 29.0 Å². The summed E-state index contributed by atoms with van der Waals surface area (Å²) in [6, 6.07) is 13.9. The molecule has 0 radical (unpaired) electrons. The average molecular weight is 422 g/mol. The molecule has 0 unspecified atom stereocenters. The molecule has 0 bridgehead atoms. The van der Waals surface area contributed by atoms with Gasteiger partial charge in [0.2, 0.25) is 5.91 Å². The number of carbonyl (C=O) groups is 1. The first-order chi connectivity index (χ1) is 14.5. The third-order valence-electron chi connectivity index (χ3n) is 4.68. The molecule has 6 nitrogen and oxygen atoms in total. The van der Waals surface area contributed by atoms with Crippen molar-refractivity contribution in [3.8, 4) is 0 Å². The number of para-hydroxylation sites is 1. The van der Waals surface area contributed by atoms with Crippen molar-refractivity contribution in [2.45, 2.75) is 39.0 Å². The van der Waals surface area contributed by atoms with Gasteiger partial charge in [0.25, 0.3) is 0 Å². The van der Waals surface area contributed by atoms with E-state index in [0.717, 1.165) is 22.8 Å². The van der Waals surface area contributed by atoms with Crippen molar-refractivity contribution < 1.29 is 4.79 Å². The molecule has 0 saturated carbocycles. The highest BCUT2D eigenvalue weighted by Gasteiger charge is 2.14. The van der Waals surface area contributed by atoms with Gasteiger partial charge in [-0.15, -0.1) is 16.8 Å². The monoisotopic (exact) mass is 421 g/mol. The molecule has 3 aromatic rings. The second-order valence-electron chi connectivity index (χ2n) is 7.12. The lowest BCUT2D eigenvalue weighted by Crippen LogP contribution is -2.15. The molecule has 0 aliphatic heterocycles. The Balaban J connectivity index is 1.64. The van der Waals surface area contributed by atoms with E-state index in [1.165, 1.54) is 22.9 Å². The van der Waals surface area contributed by atoms with Crippen molar-refractivity contribution in [3.63, 3.8) is 0 Å². The molecule has 1 aromatic heterocycles. The molecule has 1 heterocycles. The zero-order valence-corrected chi connectivity index (χ0v) is 18.4. The van der Waals surface area contributed by atoms with Crippen LogP contribution in [0.5, 0.6) is 0 Å². The van der Waals surface area contributed by atoms with Crippen LogP contribution in [0.4, 0.5) is 11.4 Å². The molecule has 2 aromatic carbocycles. The quantitative estimate of drug-likeness (QED) is 0.386. The molecule has 2 N–H and O–H groups in total. The molecule has 0 spiro atoms. The number of benzene rings is 2. The molecule has 0 saturated heterocycles. The molecule has 3 rings (SSSR count). The van der Waals surface area contributed by atoms with Crippen LogP contribution in [0.15, 0.2) is 60.3 Å². The lowest BCUT2D eigenvalue weighted by atomic mass is 10.1. The van der Waals surface area contributed by atoms with Gasteiger partial charge < -0.3 is 15.2 Å². The second kappa shape index (κ2) is 10.1. The number of anilines is 2. The molecular weight excluding hydrogens is 394 g/mol. The highest BCUT2D eigenvalue weighted by molar-refractivity contribution is 7.99. The number of allylic oxidation sites excluding steroid dienone is 1. The lowest BCUT2D eigenvalue weighted by Gasteiger charge is -2.13. The van der Waals surface area contributed by atoms with Crippen molar-refractivity contribution in [2.75, 3.05) is 16.4 Å². The van der Waals surface area contributed by atoms with Gasteiger partial charge in [-0.1, -0.05) is 53.7 Å². The zero-order chi connectivity index (χ0) is 21.5. The topological polar surface area (TPSA) is 71.8 Å². The number of aromatic nitrogens is 3. The Morgan fingerprint density at radius 1 is 1.10 bits per heavy atom. The van der Waals surface area contributed by atoms with Crippen LogP contribution in [-0.4, -0.2) is 26.4 Å². The van der Waals surface area contributed by atoms with Gasteiger partial charge in [-0.25, -0.2) is 0 Å². The van der Waals surface area contributed by atoms with Crippen LogP contribution in [0.3, 0.4) is 0 Å². The molecule has 0 aliphatic carbocycles. The molecular formula is C23H27N5OS. The maximum absolute atomic E-state index is 12.3. The van der Waals surface area contributed by atoms with E-state index >= 15 is 0 Å². The fraction of sp³-hybridized carbons (Fsp3) is 0.261. The van der Waals surface area contributed by atoms with Crippen LogP contribution < -0.4 is 10.6 Å². The third-order valence-corrected chi connectivity index (χ3v) is 5.64. The lowest BCUT2D eigenvalue weighted by molar-refractivity contribution is -0.113. The van der Waals surface area contributed by atoms with Crippen molar-refractivity contribution in [2.24, 2.45) is 0 Å². The first-order valence-corrected chi connectivity index (χ1v) is 10.8. The van der Waals surface area contributed by atoms with Gasteiger partial charge in [0, 0.05) is 17.9 Å². The SMILES string of the molecule is C=CCn1c(CNc2c(C)cccc2C)nnc1SCC(=O)Nc1ccc(C)cc1. The molecule has 0 aliphatic rings. The Hall–Kier alpha value is -3.06. The smallest absolute Gasteiger partial charge is 0.234 e. The summed E-state index contributed by atoms with van der Waals surface area (Å²) in [5, 5.41) is 15.7. The summed E-state index contributed by atoms with van der Waals surface area (Å²) in [6.45, 7) is 11.1. The van der Waals surface area contributed by atoms with Crippen molar-refractivity contribution in [1.82, 2.24) is 14.8 Å². The molecule has 1 amide bonds. The second-order valence-corrected chi connectivity index (χ2v) is 8.06. The summed E-state index contributed by atoms with van der Waals surface area (Å²) in [5.74, 6) is 0.985. The third kappa shape index (κ3) is 5.51. The zero-order valence-electron chi connectivity index (χ0n) is 17.6. The highest BCUT2D eigenvalue weighted by atomic mass is 32.2. The van der Waals surface area contributed by atoms with Gasteiger partial charge in [0.05, 0.1) is 12.3 Å². The van der Waals surface area contributed by atoms with Gasteiger partial charge in [0.1, 0.15) is 0 Å². The Bertz CT molecular complexity index is 1010. The van der Waals surface area contributed by atoms with Crippen molar-refractivity contribution in [3.05, 3.63) is 77.6 Å². The summed E-state index contributed by atoms with van der Waals surface area (Å²) in [4.78, 5) is 12.3. The van der Waals surface area contributed by atoms with E-state index in [9.17, 15) is 4.79 Å². The number of amides is 1. The number of hydrogen-bond acceptors (Lipinski definition) is 5. The summed E-state index contributed by atoms with van der Waals surface area (Å²) >= 11 is 1.37. The Labute approximate surface area is 181 Å². The van der Waals surface area contributed by atoms with Gasteiger partial charge in [-0.2, -0.15) is 0 Å². The number of thioether (sulfide) groups is 1. The maximum atomic E-state index is 12.3. The molecule has 0 fully saturated rings. The predicted octanol–water partition coefficient (Wildman–Crippen LogP) is 4.73. The molecule has 0 atom stereocenters. The van der Waals surface area contributed by atoms with E-state index in [1.54, 1.807) is 0 Å². The fourth-order valence-electron chi connectivity index (χ4n) is 3.09. The summed E-state index contributed by atoms with van der Waals surface area (Å²) < 4.78 is 1.98. The van der Waals surface area contributed by atoms with Gasteiger partial charge >= 0.3 is 0 Å². The van der Waals surface area contributed by atoms with Crippen LogP contribution >= 0.6 is 11.8 Å². The molecule has 156 valence electrons. The van der Waals surface area contributed by atoms with Gasteiger partial charge in [0.15, 0.2) is 11.0 Å². The number of carbonyl (C=O) groups excluding carboxylic acids is 1. The van der Waals surface area contributed by atoms with Gasteiger partial charge in [-0.3, -0.25) is 4.79 Å². The average Bonchev–Trinajstić information content (AvgIpc) is 3.10. The predicted molar refractivity (Wildman–Crippen MR) is 124 cm³/mol. The minimum atomic E-state index is -0.0767. The number of hydrogen-bond donors (Lipinski definition) is 2. The van der Waals surface area contributed by atoms with E-state index in [0.29, 0.717) is 18.2 Å². The van der Waals surface area contributed by atoms with E-state index in [-0.39, 0.29) is 11.7 Å². The largest absolute Gasteiger partial charge is 0.377 e. The van der Waals surface area contributed by atoms with Crippen LogP contribution in [0.25, 0.3) is 0 Å². The number of nitrogens with one attached hydrogen (secondary N) is 2. The first-order valence-electron chi connectivity index (χ1n) is 9.80. The fourth-order valence-corrected chi connectivity index (χ4v) is 3.86. The van der Waals surface area contributed by atoms with Crippen LogP contribution in [0.2, 0.25) is 0 Å². The van der Waals surface area contributed by atoms with Crippen LogP contribution in [0, 0.1) is 20.8 Å². The van der Waals surface area contributed by atoms with E-state index in [1.807, 2.05) is 47.9 Å². The Morgan fingerprint density at radius 3 is 2.47 bits per heavy atom. The number of nitrogens with zero attached hydrogens (tertiary/aromatic N) is 3. The number of aryl methyl sites for hydroxylation is 3. The van der Waals surface area contributed by atoms with Crippen LogP contribution in [0.1, 0.15) is 22.5 Å². The Kier molecular flexibility index (Phi) is 7.30. The standard InChI is InChI=1S/C23H27N5OS/c1-5-13-28-20(14-24-22-17(3)7-6-8-18(22)4)26-27-23(28)30-15-21(29)25-19-11-9-16(2)10-12-19/h5-12,24H,1,13-15H2,2-4H3,(H,25,29). The first kappa shape index (κ1) is 21.6.